The number of halogens is 1. The molecule has 182 valence electrons. The average molecular weight is 480 g/mol. The molecule has 1 fully saturated rings. The molecule has 2 amide bonds. The Morgan fingerprint density at radius 2 is 2.09 bits per heavy atom. The van der Waals surface area contributed by atoms with E-state index < -0.39 is 18.3 Å². The van der Waals surface area contributed by atoms with Gasteiger partial charge in [-0.25, -0.2) is 9.37 Å². The van der Waals surface area contributed by atoms with Gasteiger partial charge in [0.1, 0.15) is 23.9 Å². The molecule has 10 nitrogen and oxygen atoms in total. The first-order chi connectivity index (χ1) is 16.8. The van der Waals surface area contributed by atoms with Gasteiger partial charge in [0.25, 0.3) is 5.91 Å². The molecule has 5 rings (SSSR count). The fourth-order valence-corrected chi connectivity index (χ4v) is 4.65. The van der Waals surface area contributed by atoms with Crippen LogP contribution in [-0.2, 0) is 21.4 Å². The number of nitrogens with two attached hydrogens (primary N) is 1. The van der Waals surface area contributed by atoms with Crippen molar-refractivity contribution in [1.29, 1.82) is 0 Å². The molecule has 0 radical (unpaired) electrons. The lowest BCUT2D eigenvalue weighted by Gasteiger charge is -2.36. The van der Waals surface area contributed by atoms with Crippen molar-refractivity contribution >= 4 is 39.9 Å². The van der Waals surface area contributed by atoms with Crippen LogP contribution in [-0.4, -0.2) is 45.8 Å². The average Bonchev–Trinajstić information content (AvgIpc) is 3.40. The number of rotatable bonds is 5. The van der Waals surface area contributed by atoms with Crippen molar-refractivity contribution in [2.45, 2.75) is 32.2 Å². The smallest absolute Gasteiger partial charge is 0.268 e. The SMILES string of the molecule is CC(=O)Nc1cc(C2OC=C(C(N)=O)N2c2cc3cn(C)nc3cc2N2CCCC(F)C2)ccn1. The van der Waals surface area contributed by atoms with Gasteiger partial charge < -0.3 is 20.7 Å². The Balaban J connectivity index is 1.65. The van der Waals surface area contributed by atoms with Crippen LogP contribution in [0.3, 0.4) is 0 Å². The standard InChI is InChI=1S/C24H26FN7O3/c1-14(33)28-22-9-15(5-6-27-22)24-32(21(13-35-24)23(26)34)20-8-16-11-30(2)29-18(16)10-19(20)31-7-3-4-17(25)12-31/h5-6,8-11,13,17,24H,3-4,7,12H2,1-2H3,(H2,26,34)(H,27,28,33). The summed E-state index contributed by atoms with van der Waals surface area (Å²) in [7, 11) is 1.83. The highest BCUT2D eigenvalue weighted by atomic mass is 19.1. The van der Waals surface area contributed by atoms with E-state index in [0.29, 0.717) is 36.5 Å². The Kier molecular flexibility index (Phi) is 5.75. The van der Waals surface area contributed by atoms with Crippen molar-refractivity contribution in [3.05, 3.63) is 54.2 Å². The summed E-state index contributed by atoms with van der Waals surface area (Å²) in [5, 5.41) is 8.03. The summed E-state index contributed by atoms with van der Waals surface area (Å²) in [6.45, 7) is 2.30. The number of carbonyl (C=O) groups is 2. The number of hydrogen-bond acceptors (Lipinski definition) is 7. The van der Waals surface area contributed by atoms with E-state index in [-0.39, 0.29) is 18.1 Å². The molecule has 1 aromatic carbocycles. The Morgan fingerprint density at radius 3 is 2.83 bits per heavy atom. The molecular formula is C24H26FN7O3. The first kappa shape index (κ1) is 22.6. The van der Waals surface area contributed by atoms with E-state index in [1.165, 1.54) is 13.2 Å². The third kappa shape index (κ3) is 4.36. The van der Waals surface area contributed by atoms with Gasteiger partial charge >= 0.3 is 0 Å². The predicted octanol–water partition coefficient (Wildman–Crippen LogP) is 2.73. The maximum Gasteiger partial charge on any atom is 0.268 e. The molecule has 2 atom stereocenters. The van der Waals surface area contributed by atoms with Crippen LogP contribution in [0.1, 0.15) is 31.6 Å². The summed E-state index contributed by atoms with van der Waals surface area (Å²) >= 11 is 0. The molecule has 4 heterocycles. The minimum atomic E-state index is -0.951. The molecular weight excluding hydrogens is 453 g/mol. The number of primary amides is 1. The first-order valence-corrected chi connectivity index (χ1v) is 11.3. The van der Waals surface area contributed by atoms with Crippen molar-refractivity contribution in [2.75, 3.05) is 28.2 Å². The molecule has 3 N–H and O–H groups in total. The number of pyridine rings is 1. The van der Waals surface area contributed by atoms with E-state index in [1.807, 2.05) is 30.3 Å². The Bertz CT molecular complexity index is 1340. The summed E-state index contributed by atoms with van der Waals surface area (Å²) in [6, 6.07) is 7.24. The number of anilines is 3. The Labute approximate surface area is 201 Å². The van der Waals surface area contributed by atoms with Gasteiger partial charge in [-0.1, -0.05) is 0 Å². The highest BCUT2D eigenvalue weighted by Gasteiger charge is 2.37. The van der Waals surface area contributed by atoms with E-state index in [0.717, 1.165) is 16.6 Å². The number of benzene rings is 1. The van der Waals surface area contributed by atoms with E-state index >= 15 is 0 Å². The monoisotopic (exact) mass is 479 g/mol. The number of amides is 2. The number of piperidine rings is 1. The molecule has 2 unspecified atom stereocenters. The van der Waals surface area contributed by atoms with Crippen LogP contribution < -0.4 is 20.9 Å². The minimum Gasteiger partial charge on any atom is -0.471 e. The Morgan fingerprint density at radius 1 is 1.26 bits per heavy atom. The maximum absolute atomic E-state index is 14.4. The molecule has 2 aliphatic rings. The number of fused-ring (bicyclic) bond motifs is 1. The molecule has 3 aromatic rings. The first-order valence-electron chi connectivity index (χ1n) is 11.3. The second-order valence-corrected chi connectivity index (χ2v) is 8.77. The lowest BCUT2D eigenvalue weighted by Crippen LogP contribution is -2.38. The number of hydrogen-bond donors (Lipinski definition) is 2. The minimum absolute atomic E-state index is 0.159. The number of aryl methyl sites for hydroxylation is 1. The van der Waals surface area contributed by atoms with Gasteiger partial charge in [0.2, 0.25) is 12.1 Å². The van der Waals surface area contributed by atoms with Crippen LogP contribution in [0.2, 0.25) is 0 Å². The zero-order chi connectivity index (χ0) is 24.7. The molecule has 0 bridgehead atoms. The van der Waals surface area contributed by atoms with Gasteiger partial charge in [0.15, 0.2) is 0 Å². The lowest BCUT2D eigenvalue weighted by molar-refractivity contribution is -0.115. The van der Waals surface area contributed by atoms with Gasteiger partial charge in [-0.05, 0) is 37.1 Å². The third-order valence-electron chi connectivity index (χ3n) is 6.11. The van der Waals surface area contributed by atoms with Crippen molar-refractivity contribution in [3.8, 4) is 0 Å². The highest BCUT2D eigenvalue weighted by Crippen LogP contribution is 2.44. The largest absolute Gasteiger partial charge is 0.471 e. The van der Waals surface area contributed by atoms with Gasteiger partial charge in [0, 0.05) is 50.4 Å². The van der Waals surface area contributed by atoms with E-state index in [9.17, 15) is 14.0 Å². The van der Waals surface area contributed by atoms with Gasteiger partial charge in [-0.15, -0.1) is 0 Å². The fourth-order valence-electron chi connectivity index (χ4n) is 4.65. The third-order valence-corrected chi connectivity index (χ3v) is 6.11. The molecule has 0 spiro atoms. The number of nitrogens with zero attached hydrogens (tertiary/aromatic N) is 5. The molecule has 11 heteroatoms. The van der Waals surface area contributed by atoms with Gasteiger partial charge in [-0.2, -0.15) is 5.10 Å². The zero-order valence-corrected chi connectivity index (χ0v) is 19.4. The molecule has 0 saturated carbocycles. The van der Waals surface area contributed by atoms with Crippen molar-refractivity contribution < 1.29 is 18.7 Å². The van der Waals surface area contributed by atoms with Gasteiger partial charge in [0.05, 0.1) is 16.9 Å². The molecule has 0 aliphatic carbocycles. The van der Waals surface area contributed by atoms with Crippen LogP contribution in [0.5, 0.6) is 0 Å². The summed E-state index contributed by atoms with van der Waals surface area (Å²) in [4.78, 5) is 31.8. The maximum atomic E-state index is 14.4. The number of nitrogens with one attached hydrogen (secondary N) is 1. The lowest BCUT2D eigenvalue weighted by atomic mass is 10.1. The second-order valence-electron chi connectivity index (χ2n) is 8.77. The van der Waals surface area contributed by atoms with Crippen LogP contribution in [0.15, 0.2) is 48.6 Å². The van der Waals surface area contributed by atoms with Crippen molar-refractivity contribution in [2.24, 2.45) is 12.8 Å². The van der Waals surface area contributed by atoms with Crippen LogP contribution in [0.25, 0.3) is 10.9 Å². The molecule has 2 aliphatic heterocycles. The fraction of sp³-hybridized carbons (Fsp3) is 0.333. The number of alkyl halides is 1. The predicted molar refractivity (Wildman–Crippen MR) is 129 cm³/mol. The number of aromatic nitrogens is 3. The van der Waals surface area contributed by atoms with Crippen LogP contribution in [0.4, 0.5) is 21.6 Å². The van der Waals surface area contributed by atoms with Crippen LogP contribution >= 0.6 is 0 Å². The number of carbonyl (C=O) groups excluding carboxylic acids is 2. The zero-order valence-electron chi connectivity index (χ0n) is 19.4. The highest BCUT2D eigenvalue weighted by molar-refractivity contribution is 6.00. The summed E-state index contributed by atoms with van der Waals surface area (Å²) in [5.41, 5.74) is 8.68. The normalized spacial score (nSPS) is 20.0. The van der Waals surface area contributed by atoms with E-state index in [2.05, 4.69) is 15.4 Å². The summed E-state index contributed by atoms with van der Waals surface area (Å²) < 4.78 is 22.1. The Hall–Kier alpha value is -4.15. The second kappa shape index (κ2) is 8.90. The molecule has 1 saturated heterocycles. The topological polar surface area (TPSA) is 119 Å². The quantitative estimate of drug-likeness (QED) is 0.578. The van der Waals surface area contributed by atoms with Crippen molar-refractivity contribution in [3.63, 3.8) is 0 Å². The van der Waals surface area contributed by atoms with Gasteiger partial charge in [-0.3, -0.25) is 19.2 Å². The molecule has 2 aromatic heterocycles. The molecule has 35 heavy (non-hydrogen) atoms. The van der Waals surface area contributed by atoms with Crippen molar-refractivity contribution in [1.82, 2.24) is 14.8 Å². The van der Waals surface area contributed by atoms with E-state index in [4.69, 9.17) is 10.5 Å². The summed E-state index contributed by atoms with van der Waals surface area (Å²) in [5.74, 6) is -0.571. The summed E-state index contributed by atoms with van der Waals surface area (Å²) in [6.07, 6.45) is 4.27. The van der Waals surface area contributed by atoms with E-state index in [1.54, 1.807) is 27.9 Å². The number of ether oxygens (including phenoxy) is 1. The van der Waals surface area contributed by atoms with Crippen LogP contribution in [0, 0.1) is 0 Å².